The Morgan fingerprint density at radius 3 is 1.48 bits per heavy atom. The number of fused-ring (bicyclic) bond motifs is 4. The summed E-state index contributed by atoms with van der Waals surface area (Å²) in [5.74, 6) is 2.59. The first-order valence-corrected chi connectivity index (χ1v) is 22.6. The SMILES string of the molecule is C.Nc1nccc2cc(CNc3ncnc4c3cnn4Cc3ccc(Cn4cccn4)cc3)ccc12.Nc1nccc2cc(CNc3ncnc4nn(Cc5ccc(Cn6cccn6)cc5)cc34)ccc12. The zero-order chi connectivity index (χ0) is 47.2. The number of aromatic nitrogens is 14. The van der Waals surface area contributed by atoms with E-state index in [1.165, 1.54) is 11.1 Å². The highest BCUT2D eigenvalue weighted by molar-refractivity contribution is 5.92. The van der Waals surface area contributed by atoms with Crippen LogP contribution in [0.2, 0.25) is 0 Å². The molecule has 0 spiro atoms. The van der Waals surface area contributed by atoms with E-state index >= 15 is 0 Å². The summed E-state index contributed by atoms with van der Waals surface area (Å²) < 4.78 is 7.62. The van der Waals surface area contributed by atoms with Crippen LogP contribution in [-0.4, -0.2) is 69.0 Å². The number of hydrogen-bond acceptors (Lipinski definition) is 14. The monoisotopic (exact) mass is 938 g/mol. The first-order valence-electron chi connectivity index (χ1n) is 22.6. The fraction of sp³-hybridized carbons (Fsp3) is 0.132. The summed E-state index contributed by atoms with van der Waals surface area (Å²) in [7, 11) is 0. The molecule has 352 valence electrons. The molecule has 4 aromatic carbocycles. The van der Waals surface area contributed by atoms with Crippen molar-refractivity contribution in [2.24, 2.45) is 0 Å². The highest BCUT2D eigenvalue weighted by Crippen LogP contribution is 2.25. The standard InChI is InChI=1S/2C26H23N9.CH4/c27-24-22-7-6-20(12-21(22)8-10-28-24)13-29-25-23-14-33-35(26(23)31-17-30-25)16-19-4-2-18(3-5-19)15-34-11-1-9-32-34;27-24-22-7-6-20(12-21(22)8-10-28-24)13-29-25-23-16-35(33-26(23)31-17-30-25)15-19-4-2-18(3-5-19)14-34-11-1-9-32-34;/h1-12,14,17H,13,15-16H2,(H2,27,28)(H,29,30,31);1-12,16-17H,13-15H2,(H2,27,28)(H,29,30,31,33);1H4. The minimum atomic E-state index is 0. The van der Waals surface area contributed by atoms with Gasteiger partial charge in [0.15, 0.2) is 11.3 Å². The highest BCUT2D eigenvalue weighted by Gasteiger charge is 2.13. The van der Waals surface area contributed by atoms with Crippen molar-refractivity contribution in [2.75, 3.05) is 22.1 Å². The molecule has 0 radical (unpaired) electrons. The van der Waals surface area contributed by atoms with Crippen molar-refractivity contribution in [2.45, 2.75) is 46.7 Å². The Hall–Kier alpha value is -9.58. The number of anilines is 4. The van der Waals surface area contributed by atoms with Crippen LogP contribution in [0.3, 0.4) is 0 Å². The summed E-state index contributed by atoms with van der Waals surface area (Å²) in [6.45, 7) is 4.02. The number of nitrogens with one attached hydrogen (secondary N) is 2. The Morgan fingerprint density at radius 2 is 0.944 bits per heavy atom. The van der Waals surface area contributed by atoms with Crippen LogP contribution in [0.1, 0.15) is 40.8 Å². The summed E-state index contributed by atoms with van der Waals surface area (Å²) in [5, 5.41) is 30.4. The van der Waals surface area contributed by atoms with Crippen LogP contribution in [0.15, 0.2) is 171 Å². The van der Waals surface area contributed by atoms with Gasteiger partial charge in [0, 0.05) is 67.2 Å². The van der Waals surface area contributed by atoms with Gasteiger partial charge in [-0.2, -0.15) is 20.4 Å². The number of benzene rings is 4. The molecule has 18 heteroatoms. The molecule has 0 aliphatic heterocycles. The van der Waals surface area contributed by atoms with Crippen LogP contribution in [0.25, 0.3) is 43.6 Å². The highest BCUT2D eigenvalue weighted by atomic mass is 15.3. The number of pyridine rings is 2. The first-order chi connectivity index (χ1) is 34.4. The van der Waals surface area contributed by atoms with Crippen LogP contribution in [0.4, 0.5) is 23.3 Å². The summed E-state index contributed by atoms with van der Waals surface area (Å²) in [6, 6.07) is 37.1. The lowest BCUT2D eigenvalue weighted by Crippen LogP contribution is -2.05. The predicted molar refractivity (Wildman–Crippen MR) is 278 cm³/mol. The Balaban J connectivity index is 0.000000162. The average Bonchev–Trinajstić information content (AvgIpc) is 4.24. The predicted octanol–water partition coefficient (Wildman–Crippen LogP) is 8.36. The van der Waals surface area contributed by atoms with E-state index in [1.807, 2.05) is 92.0 Å². The molecule has 0 saturated carbocycles. The van der Waals surface area contributed by atoms with Crippen molar-refractivity contribution in [1.82, 2.24) is 69.0 Å². The van der Waals surface area contributed by atoms with Crippen LogP contribution in [-0.2, 0) is 39.3 Å². The Morgan fingerprint density at radius 1 is 0.451 bits per heavy atom. The first kappa shape index (κ1) is 45.2. The van der Waals surface area contributed by atoms with Crippen LogP contribution in [0, 0.1) is 0 Å². The molecule has 0 atom stereocenters. The molecule has 0 unspecified atom stereocenters. The largest absolute Gasteiger partial charge is 0.383 e. The molecule has 18 nitrogen and oxygen atoms in total. The van der Waals surface area contributed by atoms with Crippen molar-refractivity contribution in [3.8, 4) is 0 Å². The van der Waals surface area contributed by atoms with Gasteiger partial charge in [-0.05, 0) is 80.6 Å². The molecular weight excluding hydrogens is 889 g/mol. The van der Waals surface area contributed by atoms with Crippen molar-refractivity contribution in [1.29, 1.82) is 0 Å². The van der Waals surface area contributed by atoms with Crippen molar-refractivity contribution in [3.05, 3.63) is 205 Å². The van der Waals surface area contributed by atoms with E-state index < -0.39 is 0 Å². The van der Waals surface area contributed by atoms with Gasteiger partial charge in [-0.1, -0.05) is 80.2 Å². The second-order valence-electron chi connectivity index (χ2n) is 16.8. The van der Waals surface area contributed by atoms with Gasteiger partial charge in [0.25, 0.3) is 0 Å². The van der Waals surface area contributed by atoms with E-state index in [-0.39, 0.29) is 7.43 Å². The van der Waals surface area contributed by atoms with E-state index in [1.54, 1.807) is 37.4 Å². The Bertz CT molecular complexity index is 3600. The number of hydrogen-bond donors (Lipinski definition) is 4. The van der Waals surface area contributed by atoms with E-state index in [0.717, 1.165) is 84.9 Å². The number of rotatable bonds is 14. The molecule has 0 bridgehead atoms. The van der Waals surface area contributed by atoms with E-state index in [2.05, 4.69) is 122 Å². The lowest BCUT2D eigenvalue weighted by atomic mass is 10.1. The maximum atomic E-state index is 5.97. The fourth-order valence-corrected chi connectivity index (χ4v) is 8.37. The quantitative estimate of drug-likeness (QED) is 0.0804. The summed E-state index contributed by atoms with van der Waals surface area (Å²) >= 11 is 0. The molecule has 12 rings (SSSR count). The number of nitrogen functional groups attached to an aromatic ring is 2. The Kier molecular flexibility index (Phi) is 13.0. The lowest BCUT2D eigenvalue weighted by molar-refractivity contribution is 0.681. The topological polar surface area (TPSA) is 225 Å². The second-order valence-corrected chi connectivity index (χ2v) is 16.8. The second kappa shape index (κ2) is 20.3. The molecule has 0 fully saturated rings. The Labute approximate surface area is 408 Å². The minimum absolute atomic E-state index is 0. The van der Waals surface area contributed by atoms with Crippen molar-refractivity contribution >= 4 is 66.9 Å². The van der Waals surface area contributed by atoms with E-state index in [9.17, 15) is 0 Å². The van der Waals surface area contributed by atoms with Gasteiger partial charge in [-0.3, -0.25) is 14.0 Å². The van der Waals surface area contributed by atoms with Gasteiger partial charge in [-0.15, -0.1) is 0 Å². The van der Waals surface area contributed by atoms with Crippen LogP contribution < -0.4 is 22.1 Å². The van der Waals surface area contributed by atoms with E-state index in [4.69, 9.17) is 11.5 Å². The van der Waals surface area contributed by atoms with Gasteiger partial charge in [0.2, 0.25) is 0 Å². The van der Waals surface area contributed by atoms with Gasteiger partial charge in [0.05, 0.1) is 43.1 Å². The molecular formula is C53H50N18. The normalized spacial score (nSPS) is 11.2. The molecule has 0 saturated heterocycles. The zero-order valence-corrected chi connectivity index (χ0v) is 37.8. The molecule has 0 aliphatic carbocycles. The lowest BCUT2D eigenvalue weighted by Gasteiger charge is -2.09. The minimum Gasteiger partial charge on any atom is -0.383 e. The van der Waals surface area contributed by atoms with Gasteiger partial charge >= 0.3 is 0 Å². The molecule has 12 aromatic rings. The van der Waals surface area contributed by atoms with Crippen LogP contribution >= 0.6 is 0 Å². The molecule has 8 heterocycles. The maximum absolute atomic E-state index is 5.97. The fourth-order valence-electron chi connectivity index (χ4n) is 8.37. The smallest absolute Gasteiger partial charge is 0.186 e. The summed E-state index contributed by atoms with van der Waals surface area (Å²) in [5.41, 5.74) is 20.3. The van der Waals surface area contributed by atoms with Crippen molar-refractivity contribution < 1.29 is 0 Å². The maximum Gasteiger partial charge on any atom is 0.186 e. The molecule has 6 N–H and O–H groups in total. The average molecular weight is 939 g/mol. The molecule has 0 amide bonds. The number of nitrogens with two attached hydrogens (primary N) is 2. The molecule has 71 heavy (non-hydrogen) atoms. The van der Waals surface area contributed by atoms with Gasteiger partial charge < -0.3 is 22.1 Å². The third-order valence-corrected chi connectivity index (χ3v) is 12.0. The summed E-state index contributed by atoms with van der Waals surface area (Å²) in [4.78, 5) is 26.0. The number of nitrogens with zero attached hydrogens (tertiary/aromatic N) is 14. The van der Waals surface area contributed by atoms with E-state index in [0.29, 0.717) is 43.5 Å². The third-order valence-electron chi connectivity index (χ3n) is 12.0. The van der Waals surface area contributed by atoms with Crippen molar-refractivity contribution in [3.63, 3.8) is 0 Å². The summed E-state index contributed by atoms with van der Waals surface area (Å²) in [6.07, 6.45) is 17.9. The molecule has 0 aliphatic rings. The van der Waals surface area contributed by atoms with Gasteiger partial charge in [-0.25, -0.2) is 34.6 Å². The zero-order valence-electron chi connectivity index (χ0n) is 37.8. The molecule has 8 aromatic heterocycles. The third kappa shape index (κ3) is 10.3. The van der Waals surface area contributed by atoms with Gasteiger partial charge in [0.1, 0.15) is 35.9 Å². The van der Waals surface area contributed by atoms with Crippen LogP contribution in [0.5, 0.6) is 0 Å².